The fraction of sp³-hybridized carbons (Fsp3) is 0.806. The fourth-order valence-electron chi connectivity index (χ4n) is 9.23. The van der Waals surface area contributed by atoms with Gasteiger partial charge in [0.1, 0.15) is 6.10 Å². The van der Waals surface area contributed by atoms with E-state index in [0.717, 1.165) is 25.7 Å². The van der Waals surface area contributed by atoms with Crippen molar-refractivity contribution in [2.45, 2.75) is 105 Å². The zero-order chi connectivity index (χ0) is 25.8. The van der Waals surface area contributed by atoms with Gasteiger partial charge in [-0.05, 0) is 98.2 Å². The van der Waals surface area contributed by atoms with Gasteiger partial charge >= 0.3 is 11.9 Å². The van der Waals surface area contributed by atoms with Crippen LogP contribution in [0.5, 0.6) is 0 Å². The summed E-state index contributed by atoms with van der Waals surface area (Å²) in [5.74, 6) is 2.00. The van der Waals surface area contributed by atoms with Gasteiger partial charge in [0.2, 0.25) is 0 Å². The second kappa shape index (κ2) is 9.38. The summed E-state index contributed by atoms with van der Waals surface area (Å²) < 4.78 is 10.7. The Kier molecular flexibility index (Phi) is 7.10. The molecule has 196 valence electrons. The van der Waals surface area contributed by atoms with Crippen molar-refractivity contribution in [1.82, 2.24) is 0 Å². The molecule has 3 aliphatic carbocycles. The molecule has 3 fully saturated rings. The van der Waals surface area contributed by atoms with Crippen molar-refractivity contribution in [2.75, 3.05) is 7.11 Å². The van der Waals surface area contributed by atoms with E-state index < -0.39 is 0 Å². The molecule has 9 atom stereocenters. The van der Waals surface area contributed by atoms with E-state index in [1.807, 2.05) is 6.92 Å². The summed E-state index contributed by atoms with van der Waals surface area (Å²) in [5.41, 5.74) is 3.37. The maximum Gasteiger partial charge on any atom is 0.309 e. The van der Waals surface area contributed by atoms with Crippen LogP contribution in [-0.4, -0.2) is 25.2 Å². The van der Waals surface area contributed by atoms with Crippen LogP contribution in [-0.2, 0) is 19.1 Å². The first-order valence-corrected chi connectivity index (χ1v) is 14.0. The molecule has 1 heterocycles. The number of methoxy groups -OCH3 is 1. The van der Waals surface area contributed by atoms with Crippen molar-refractivity contribution in [3.05, 3.63) is 23.8 Å². The van der Waals surface area contributed by atoms with Gasteiger partial charge in [-0.15, -0.1) is 0 Å². The number of allylic oxidation sites excluding steroid dienone is 3. The monoisotopic (exact) mass is 484 g/mol. The third-order valence-electron chi connectivity index (χ3n) is 11.5. The first-order valence-electron chi connectivity index (χ1n) is 14.0. The van der Waals surface area contributed by atoms with Gasteiger partial charge in [-0.3, -0.25) is 9.59 Å². The number of esters is 2. The van der Waals surface area contributed by atoms with Crippen LogP contribution in [0, 0.1) is 45.8 Å². The third kappa shape index (κ3) is 4.21. The lowest BCUT2D eigenvalue weighted by atomic mass is 9.44. The predicted octanol–water partition coefficient (Wildman–Crippen LogP) is 7.28. The molecule has 0 aromatic carbocycles. The van der Waals surface area contributed by atoms with Crippen LogP contribution in [0.4, 0.5) is 0 Å². The molecule has 1 aliphatic heterocycles. The summed E-state index contributed by atoms with van der Waals surface area (Å²) >= 11 is 0. The van der Waals surface area contributed by atoms with Gasteiger partial charge in [-0.1, -0.05) is 58.4 Å². The lowest BCUT2D eigenvalue weighted by Gasteiger charge is -2.60. The van der Waals surface area contributed by atoms with Gasteiger partial charge in [0, 0.05) is 6.42 Å². The topological polar surface area (TPSA) is 52.6 Å². The predicted molar refractivity (Wildman–Crippen MR) is 139 cm³/mol. The molecule has 4 unspecified atom stereocenters. The smallest absolute Gasteiger partial charge is 0.309 e. The Hall–Kier alpha value is -1.58. The van der Waals surface area contributed by atoms with E-state index in [9.17, 15) is 9.59 Å². The Bertz CT molecular complexity index is 904. The molecule has 2 saturated carbocycles. The van der Waals surface area contributed by atoms with Crippen LogP contribution in [0.3, 0.4) is 0 Å². The highest BCUT2D eigenvalue weighted by molar-refractivity contribution is 5.74. The van der Waals surface area contributed by atoms with Crippen molar-refractivity contribution >= 4 is 11.9 Å². The second-order valence-electron chi connectivity index (χ2n) is 13.3. The van der Waals surface area contributed by atoms with Gasteiger partial charge in [0.15, 0.2) is 0 Å². The van der Waals surface area contributed by atoms with Crippen molar-refractivity contribution in [1.29, 1.82) is 0 Å². The molecule has 0 aromatic heterocycles. The van der Waals surface area contributed by atoms with Crippen molar-refractivity contribution < 1.29 is 19.1 Å². The Labute approximate surface area is 213 Å². The Morgan fingerprint density at radius 3 is 2.57 bits per heavy atom. The summed E-state index contributed by atoms with van der Waals surface area (Å²) in [6.07, 6.45) is 11.8. The summed E-state index contributed by atoms with van der Waals surface area (Å²) in [6, 6.07) is 0. The number of ether oxygens (including phenoxy) is 2. The standard InChI is InChI=1S/C31H48O4/c1-19(2)23-9-10-26-25(29(23,5)14-13-27(32)34-8)12-16-30(6)24(11-15-31(26,30)7)20(3)17-22-18-21(4)28(33)35-22/h10,20-25H,1,9,11-18H2,2-8H3/t20-,21?,22?,23?,24-,25?,29+,30-,31+/m1/s1. The molecule has 35 heavy (non-hydrogen) atoms. The van der Waals surface area contributed by atoms with E-state index in [2.05, 4.69) is 47.3 Å². The van der Waals surface area contributed by atoms with Gasteiger partial charge in [0.05, 0.1) is 13.0 Å². The zero-order valence-corrected chi connectivity index (χ0v) is 23.2. The lowest BCUT2D eigenvalue weighted by Crippen LogP contribution is -2.52. The van der Waals surface area contributed by atoms with Gasteiger partial charge < -0.3 is 9.47 Å². The molecule has 0 amide bonds. The highest BCUT2D eigenvalue weighted by atomic mass is 16.6. The van der Waals surface area contributed by atoms with Crippen LogP contribution < -0.4 is 0 Å². The van der Waals surface area contributed by atoms with E-state index in [4.69, 9.17) is 9.47 Å². The number of carbonyl (C=O) groups excluding carboxylic acids is 2. The minimum Gasteiger partial charge on any atom is -0.469 e. The van der Waals surface area contributed by atoms with Crippen molar-refractivity contribution in [3.8, 4) is 0 Å². The highest BCUT2D eigenvalue weighted by Crippen LogP contribution is 2.72. The minimum atomic E-state index is -0.105. The Balaban J connectivity index is 1.59. The molecular weight excluding hydrogens is 436 g/mol. The number of hydrogen-bond donors (Lipinski definition) is 0. The Morgan fingerprint density at radius 1 is 1.26 bits per heavy atom. The SMILES string of the molecule is C=C(C)C1CC=C2C(CC[C@]3(C)[C@@H]([C@H](C)CC4CC(C)C(=O)O4)CC[C@@]23C)[C@@]1(C)CCC(=O)OC. The van der Waals surface area contributed by atoms with Crippen molar-refractivity contribution in [2.24, 2.45) is 45.8 Å². The molecule has 0 radical (unpaired) electrons. The summed E-state index contributed by atoms with van der Waals surface area (Å²) in [6.45, 7) is 18.4. The average Bonchev–Trinajstić information content (AvgIpc) is 3.26. The van der Waals surface area contributed by atoms with Crippen LogP contribution in [0.1, 0.15) is 99.3 Å². The minimum absolute atomic E-state index is 0.0177. The van der Waals surface area contributed by atoms with E-state index in [-0.39, 0.29) is 40.2 Å². The maximum absolute atomic E-state index is 12.1. The van der Waals surface area contributed by atoms with E-state index in [0.29, 0.717) is 30.1 Å². The summed E-state index contributed by atoms with van der Waals surface area (Å²) in [4.78, 5) is 24.1. The zero-order valence-electron chi connectivity index (χ0n) is 23.2. The van der Waals surface area contributed by atoms with Crippen LogP contribution in [0.15, 0.2) is 23.8 Å². The third-order valence-corrected chi connectivity index (χ3v) is 11.5. The van der Waals surface area contributed by atoms with Crippen molar-refractivity contribution in [3.63, 3.8) is 0 Å². The molecule has 0 N–H and O–H groups in total. The lowest BCUT2D eigenvalue weighted by molar-refractivity contribution is -0.145. The molecule has 0 spiro atoms. The molecule has 4 nitrogen and oxygen atoms in total. The van der Waals surface area contributed by atoms with Crippen LogP contribution in [0.2, 0.25) is 0 Å². The van der Waals surface area contributed by atoms with E-state index in [1.54, 1.807) is 5.57 Å². The van der Waals surface area contributed by atoms with Crippen LogP contribution >= 0.6 is 0 Å². The molecular formula is C31H48O4. The molecule has 0 bridgehead atoms. The number of carbonyl (C=O) groups is 2. The van der Waals surface area contributed by atoms with E-state index in [1.165, 1.54) is 38.4 Å². The van der Waals surface area contributed by atoms with Gasteiger partial charge in [-0.25, -0.2) is 0 Å². The maximum atomic E-state index is 12.1. The number of cyclic esters (lactones) is 1. The molecule has 0 aromatic rings. The largest absolute Gasteiger partial charge is 0.469 e. The molecule has 4 rings (SSSR count). The second-order valence-corrected chi connectivity index (χ2v) is 13.3. The molecule has 4 aliphatic rings. The number of hydrogen-bond acceptors (Lipinski definition) is 4. The quantitative estimate of drug-likeness (QED) is 0.281. The first-order chi connectivity index (χ1) is 16.4. The van der Waals surface area contributed by atoms with E-state index >= 15 is 0 Å². The summed E-state index contributed by atoms with van der Waals surface area (Å²) in [7, 11) is 1.49. The normalized spacial score (nSPS) is 43.6. The average molecular weight is 485 g/mol. The fourth-order valence-corrected chi connectivity index (χ4v) is 9.23. The first kappa shape index (κ1) is 26.5. The number of rotatable bonds is 7. The highest BCUT2D eigenvalue weighted by Gasteiger charge is 2.63. The van der Waals surface area contributed by atoms with Crippen LogP contribution in [0.25, 0.3) is 0 Å². The number of fused-ring (bicyclic) bond motifs is 3. The van der Waals surface area contributed by atoms with Gasteiger partial charge in [0.25, 0.3) is 0 Å². The molecule has 4 heteroatoms. The summed E-state index contributed by atoms with van der Waals surface area (Å²) in [5, 5.41) is 0. The van der Waals surface area contributed by atoms with Gasteiger partial charge in [-0.2, -0.15) is 0 Å². The Morgan fingerprint density at radius 2 is 1.97 bits per heavy atom. The molecule has 1 saturated heterocycles.